The second-order valence-electron chi connectivity index (χ2n) is 4.81. The van der Waals surface area contributed by atoms with Crippen molar-refractivity contribution in [2.45, 2.75) is 25.9 Å². The highest BCUT2D eigenvalue weighted by atomic mass is 35.5. The minimum Gasteiger partial charge on any atom is -0.336 e. The molecule has 1 amide bonds. The Morgan fingerprint density at radius 2 is 1.95 bits per heavy atom. The molecule has 1 N–H and O–H groups in total. The summed E-state index contributed by atoms with van der Waals surface area (Å²) in [6.45, 7) is 5.37. The fraction of sp³-hybridized carbons (Fsp3) is 0.462. The molecule has 0 saturated carbocycles. The molecule has 1 aromatic rings. The number of hydrogen-bond donors (Lipinski definition) is 1. The molecule has 1 aliphatic heterocycles. The van der Waals surface area contributed by atoms with Gasteiger partial charge < -0.3 is 10.2 Å². The van der Waals surface area contributed by atoms with Crippen molar-refractivity contribution in [3.05, 3.63) is 34.6 Å². The van der Waals surface area contributed by atoms with E-state index in [1.165, 1.54) is 18.2 Å². The Labute approximate surface area is 123 Å². The zero-order chi connectivity index (χ0) is 13.3. The van der Waals surface area contributed by atoms with Crippen molar-refractivity contribution in [3.63, 3.8) is 0 Å². The van der Waals surface area contributed by atoms with Crippen LogP contribution in [0.3, 0.4) is 0 Å². The van der Waals surface area contributed by atoms with Gasteiger partial charge in [0.15, 0.2) is 0 Å². The van der Waals surface area contributed by atoms with Crippen LogP contribution in [0.25, 0.3) is 0 Å². The third-order valence-corrected chi connectivity index (χ3v) is 3.30. The van der Waals surface area contributed by atoms with E-state index in [1.54, 1.807) is 4.90 Å². The van der Waals surface area contributed by atoms with E-state index in [9.17, 15) is 9.18 Å². The van der Waals surface area contributed by atoms with Gasteiger partial charge in [-0.1, -0.05) is 11.6 Å². The third-order valence-electron chi connectivity index (χ3n) is 3.01. The summed E-state index contributed by atoms with van der Waals surface area (Å²) in [6, 6.07) is 4.60. The summed E-state index contributed by atoms with van der Waals surface area (Å²) in [6.07, 6.45) is 0. The van der Waals surface area contributed by atoms with Crippen LogP contribution in [0.4, 0.5) is 4.39 Å². The first-order valence-corrected chi connectivity index (χ1v) is 6.35. The van der Waals surface area contributed by atoms with E-state index in [2.05, 4.69) is 5.32 Å². The number of benzene rings is 1. The van der Waals surface area contributed by atoms with E-state index in [4.69, 9.17) is 11.6 Å². The molecule has 3 nitrogen and oxygen atoms in total. The second-order valence-corrected chi connectivity index (χ2v) is 5.21. The van der Waals surface area contributed by atoms with Crippen LogP contribution in [0.2, 0.25) is 5.02 Å². The van der Waals surface area contributed by atoms with Crippen LogP contribution in [0.5, 0.6) is 0 Å². The summed E-state index contributed by atoms with van der Waals surface area (Å²) in [5, 5.41) is 3.34. The Balaban J connectivity index is 0.00000180. The molecule has 1 heterocycles. The van der Waals surface area contributed by atoms with Crippen molar-refractivity contribution in [2.75, 3.05) is 13.1 Å². The van der Waals surface area contributed by atoms with Gasteiger partial charge in [-0.25, -0.2) is 4.39 Å². The van der Waals surface area contributed by atoms with Gasteiger partial charge in [-0.15, -0.1) is 12.4 Å². The van der Waals surface area contributed by atoms with Crippen LogP contribution in [-0.4, -0.2) is 36.0 Å². The normalized spacial score (nSPS) is 22.8. The zero-order valence-corrected chi connectivity index (χ0v) is 12.4. The number of hydrogen-bond acceptors (Lipinski definition) is 2. The number of nitrogens with one attached hydrogen (secondary N) is 1. The maximum Gasteiger partial charge on any atom is 0.254 e. The Hall–Kier alpha value is -0.840. The van der Waals surface area contributed by atoms with Crippen LogP contribution in [0, 0.1) is 5.82 Å². The molecule has 2 atom stereocenters. The Morgan fingerprint density at radius 3 is 2.47 bits per heavy atom. The predicted molar refractivity (Wildman–Crippen MR) is 76.6 cm³/mol. The van der Waals surface area contributed by atoms with Crippen LogP contribution in [-0.2, 0) is 0 Å². The number of rotatable bonds is 1. The molecular weight excluding hydrogens is 290 g/mol. The Kier molecular flexibility index (Phi) is 5.59. The van der Waals surface area contributed by atoms with Gasteiger partial charge in [0.2, 0.25) is 0 Å². The smallest absolute Gasteiger partial charge is 0.254 e. The molecule has 1 saturated heterocycles. The van der Waals surface area contributed by atoms with Crippen molar-refractivity contribution in [3.8, 4) is 0 Å². The fourth-order valence-electron chi connectivity index (χ4n) is 2.30. The molecule has 0 radical (unpaired) electrons. The van der Waals surface area contributed by atoms with Gasteiger partial charge in [0.25, 0.3) is 5.91 Å². The minimum atomic E-state index is -0.504. The first-order valence-electron chi connectivity index (χ1n) is 5.97. The van der Waals surface area contributed by atoms with Gasteiger partial charge >= 0.3 is 0 Å². The molecule has 106 valence electrons. The Morgan fingerprint density at radius 1 is 1.37 bits per heavy atom. The van der Waals surface area contributed by atoms with E-state index in [1.807, 2.05) is 13.8 Å². The highest BCUT2D eigenvalue weighted by molar-refractivity contribution is 6.31. The maximum absolute atomic E-state index is 13.1. The number of carbonyl (C=O) groups excluding carboxylic acids is 1. The van der Waals surface area contributed by atoms with Crippen molar-refractivity contribution < 1.29 is 9.18 Å². The molecule has 2 rings (SSSR count). The number of amides is 1. The highest BCUT2D eigenvalue weighted by Gasteiger charge is 2.25. The van der Waals surface area contributed by atoms with Crippen molar-refractivity contribution >= 4 is 29.9 Å². The van der Waals surface area contributed by atoms with E-state index in [-0.39, 0.29) is 35.4 Å². The van der Waals surface area contributed by atoms with E-state index in [0.717, 1.165) is 0 Å². The predicted octanol–water partition coefficient (Wildman–Crippen LogP) is 2.72. The summed E-state index contributed by atoms with van der Waals surface area (Å²) in [5.74, 6) is -0.604. The molecule has 1 aromatic carbocycles. The summed E-state index contributed by atoms with van der Waals surface area (Å²) in [5.41, 5.74) is 0.433. The Bertz CT molecular complexity index is 460. The zero-order valence-electron chi connectivity index (χ0n) is 10.8. The first kappa shape index (κ1) is 16.2. The first-order chi connectivity index (χ1) is 8.47. The van der Waals surface area contributed by atoms with Gasteiger partial charge in [-0.3, -0.25) is 4.79 Å². The minimum absolute atomic E-state index is 0. The van der Waals surface area contributed by atoms with Crippen LogP contribution in [0.15, 0.2) is 18.2 Å². The summed E-state index contributed by atoms with van der Waals surface area (Å²) in [7, 11) is 0. The summed E-state index contributed by atoms with van der Waals surface area (Å²) in [4.78, 5) is 14.0. The SMILES string of the molecule is CC1CN(C(=O)c2ccc(F)c(Cl)c2)CC(C)N1.Cl. The lowest BCUT2D eigenvalue weighted by atomic mass is 10.1. The number of carbonyl (C=O) groups is 1. The molecule has 0 aromatic heterocycles. The lowest BCUT2D eigenvalue weighted by Crippen LogP contribution is -2.55. The lowest BCUT2D eigenvalue weighted by Gasteiger charge is -2.36. The molecule has 0 spiro atoms. The molecular formula is C13H17Cl2FN2O. The molecule has 1 fully saturated rings. The topological polar surface area (TPSA) is 32.3 Å². The van der Waals surface area contributed by atoms with Gasteiger partial charge in [0, 0.05) is 30.7 Å². The largest absolute Gasteiger partial charge is 0.336 e. The van der Waals surface area contributed by atoms with Crippen LogP contribution >= 0.6 is 24.0 Å². The van der Waals surface area contributed by atoms with Gasteiger partial charge in [0.05, 0.1) is 5.02 Å². The van der Waals surface area contributed by atoms with Crippen molar-refractivity contribution in [1.82, 2.24) is 10.2 Å². The average Bonchev–Trinajstić information content (AvgIpc) is 2.30. The number of piperazine rings is 1. The molecule has 0 aliphatic carbocycles. The summed E-state index contributed by atoms with van der Waals surface area (Å²) < 4.78 is 13.1. The molecule has 1 aliphatic rings. The molecule has 2 unspecified atom stereocenters. The quantitative estimate of drug-likeness (QED) is 0.865. The summed E-state index contributed by atoms with van der Waals surface area (Å²) >= 11 is 5.70. The van der Waals surface area contributed by atoms with Gasteiger partial charge in [0.1, 0.15) is 5.82 Å². The molecule has 6 heteroatoms. The number of nitrogens with zero attached hydrogens (tertiary/aromatic N) is 1. The van der Waals surface area contributed by atoms with Crippen molar-refractivity contribution in [2.24, 2.45) is 0 Å². The van der Waals surface area contributed by atoms with Crippen LogP contribution < -0.4 is 5.32 Å². The fourth-order valence-corrected chi connectivity index (χ4v) is 2.48. The van der Waals surface area contributed by atoms with Gasteiger partial charge in [-0.2, -0.15) is 0 Å². The second kappa shape index (κ2) is 6.55. The average molecular weight is 307 g/mol. The molecule has 0 bridgehead atoms. The lowest BCUT2D eigenvalue weighted by molar-refractivity contribution is 0.0674. The van der Waals surface area contributed by atoms with Crippen LogP contribution in [0.1, 0.15) is 24.2 Å². The van der Waals surface area contributed by atoms with E-state index in [0.29, 0.717) is 18.7 Å². The molecule has 19 heavy (non-hydrogen) atoms. The third kappa shape index (κ3) is 3.81. The van der Waals surface area contributed by atoms with Crippen molar-refractivity contribution in [1.29, 1.82) is 0 Å². The standard InChI is InChI=1S/C13H16ClFN2O.ClH/c1-8-6-17(7-9(2)16-8)13(18)10-3-4-12(15)11(14)5-10;/h3-5,8-9,16H,6-7H2,1-2H3;1H. The van der Waals surface area contributed by atoms with E-state index < -0.39 is 5.82 Å². The maximum atomic E-state index is 13.1. The van der Waals surface area contributed by atoms with E-state index >= 15 is 0 Å². The number of halogens is 3. The highest BCUT2D eigenvalue weighted by Crippen LogP contribution is 2.18. The van der Waals surface area contributed by atoms with Gasteiger partial charge in [-0.05, 0) is 32.0 Å². The monoisotopic (exact) mass is 306 g/mol.